The van der Waals surface area contributed by atoms with Gasteiger partial charge in [-0.25, -0.2) is 0 Å². The van der Waals surface area contributed by atoms with Crippen LogP contribution in [0.1, 0.15) is 12.5 Å². The second-order valence-corrected chi connectivity index (χ2v) is 4.14. The lowest BCUT2D eigenvalue weighted by atomic mass is 10.2. The van der Waals surface area contributed by atoms with Crippen molar-refractivity contribution in [3.8, 4) is 5.75 Å². The third-order valence-corrected chi connectivity index (χ3v) is 2.58. The highest BCUT2D eigenvalue weighted by atomic mass is 16.5. The number of hydrogen-bond acceptors (Lipinski definition) is 4. The third kappa shape index (κ3) is 4.59. The lowest BCUT2D eigenvalue weighted by molar-refractivity contribution is 0.301. The highest BCUT2D eigenvalue weighted by Crippen LogP contribution is 2.13. The lowest BCUT2D eigenvalue weighted by Gasteiger charge is -2.20. The van der Waals surface area contributed by atoms with Crippen molar-refractivity contribution >= 4 is 5.71 Å². The summed E-state index contributed by atoms with van der Waals surface area (Å²) < 4.78 is 5.12. The lowest BCUT2D eigenvalue weighted by Crippen LogP contribution is -2.28. The van der Waals surface area contributed by atoms with Gasteiger partial charge in [-0.05, 0) is 24.6 Å². The summed E-state index contributed by atoms with van der Waals surface area (Å²) in [4.78, 5) is 2.14. The van der Waals surface area contributed by atoms with Crippen LogP contribution in [0.4, 0.5) is 0 Å². The van der Waals surface area contributed by atoms with E-state index >= 15 is 0 Å². The molecule has 0 aliphatic carbocycles. The van der Waals surface area contributed by atoms with E-state index in [1.807, 2.05) is 30.3 Å². The van der Waals surface area contributed by atoms with Crippen LogP contribution in [0.5, 0.6) is 5.75 Å². The maximum atomic E-state index is 8.71. The molecule has 0 amide bonds. The van der Waals surface area contributed by atoms with Gasteiger partial charge in [0.1, 0.15) is 5.75 Å². The number of hydrogen-bond donors (Lipinski definition) is 1. The van der Waals surface area contributed by atoms with Crippen molar-refractivity contribution in [3.05, 3.63) is 42.5 Å². The van der Waals surface area contributed by atoms with Crippen LogP contribution in [0.15, 0.2) is 42.1 Å². The van der Waals surface area contributed by atoms with Crippen LogP contribution >= 0.6 is 0 Å². The monoisotopic (exact) mass is 248 g/mol. The topological polar surface area (TPSA) is 45.1 Å². The molecule has 18 heavy (non-hydrogen) atoms. The molecule has 0 bridgehead atoms. The zero-order valence-electron chi connectivity index (χ0n) is 11.0. The Hall–Kier alpha value is -1.81. The van der Waals surface area contributed by atoms with Crippen molar-refractivity contribution in [3.63, 3.8) is 0 Å². The highest BCUT2D eigenvalue weighted by Gasteiger charge is 2.06. The molecule has 1 N–H and O–H groups in total. The molecule has 0 aliphatic rings. The zero-order chi connectivity index (χ0) is 13.4. The normalized spacial score (nSPS) is 11.6. The van der Waals surface area contributed by atoms with Crippen LogP contribution in [0.2, 0.25) is 0 Å². The minimum absolute atomic E-state index is 0.620. The average Bonchev–Trinajstić information content (AvgIpc) is 2.39. The van der Waals surface area contributed by atoms with Gasteiger partial charge >= 0.3 is 0 Å². The van der Waals surface area contributed by atoms with Gasteiger partial charge in [0.25, 0.3) is 0 Å². The van der Waals surface area contributed by atoms with E-state index in [-0.39, 0.29) is 0 Å². The van der Waals surface area contributed by atoms with Gasteiger partial charge in [0.15, 0.2) is 0 Å². The van der Waals surface area contributed by atoms with Crippen molar-refractivity contribution in [2.45, 2.75) is 13.5 Å². The standard InChI is InChI=1S/C14H20N2O2/c1-4-9-16(10-12(2)15-17)11-13-5-7-14(18-3)8-6-13/h4-8,17H,1,9-11H2,2-3H3. The van der Waals surface area contributed by atoms with Gasteiger partial charge in [-0.15, -0.1) is 6.58 Å². The molecular formula is C14H20N2O2. The molecule has 1 aromatic carbocycles. The summed E-state index contributed by atoms with van der Waals surface area (Å²) in [5, 5.41) is 11.9. The van der Waals surface area contributed by atoms with E-state index in [1.54, 1.807) is 14.0 Å². The first-order valence-electron chi connectivity index (χ1n) is 5.83. The molecule has 0 atom stereocenters. The van der Waals surface area contributed by atoms with Crippen molar-refractivity contribution in [1.29, 1.82) is 0 Å². The number of benzene rings is 1. The molecule has 1 rings (SSSR count). The molecule has 0 saturated carbocycles. The van der Waals surface area contributed by atoms with E-state index in [9.17, 15) is 0 Å². The van der Waals surface area contributed by atoms with Crippen LogP contribution < -0.4 is 4.74 Å². The fourth-order valence-corrected chi connectivity index (χ4v) is 1.71. The van der Waals surface area contributed by atoms with Gasteiger partial charge in [-0.3, -0.25) is 4.90 Å². The summed E-state index contributed by atoms with van der Waals surface area (Å²) in [6, 6.07) is 7.93. The molecule has 4 nitrogen and oxygen atoms in total. The Labute approximate surface area is 108 Å². The first-order valence-corrected chi connectivity index (χ1v) is 5.83. The molecule has 0 radical (unpaired) electrons. The molecule has 98 valence electrons. The Balaban J connectivity index is 2.66. The van der Waals surface area contributed by atoms with Gasteiger partial charge in [0.2, 0.25) is 0 Å². The Morgan fingerprint density at radius 2 is 2.11 bits per heavy atom. The summed E-state index contributed by atoms with van der Waals surface area (Å²) >= 11 is 0. The van der Waals surface area contributed by atoms with Crippen molar-refractivity contribution in [1.82, 2.24) is 4.90 Å². The molecule has 0 aliphatic heterocycles. The van der Waals surface area contributed by atoms with E-state index < -0.39 is 0 Å². The van der Waals surface area contributed by atoms with E-state index in [0.717, 1.165) is 18.8 Å². The Morgan fingerprint density at radius 1 is 1.44 bits per heavy atom. The fourth-order valence-electron chi connectivity index (χ4n) is 1.71. The third-order valence-electron chi connectivity index (χ3n) is 2.58. The van der Waals surface area contributed by atoms with Crippen LogP contribution in [-0.2, 0) is 6.54 Å². The van der Waals surface area contributed by atoms with E-state index in [0.29, 0.717) is 12.3 Å². The van der Waals surface area contributed by atoms with Crippen molar-refractivity contribution < 1.29 is 9.94 Å². The number of nitrogens with zero attached hydrogens (tertiary/aromatic N) is 2. The van der Waals surface area contributed by atoms with E-state index in [1.165, 1.54) is 5.56 Å². The summed E-state index contributed by atoms with van der Waals surface area (Å²) in [6.45, 7) is 7.68. The minimum atomic E-state index is 0.620. The van der Waals surface area contributed by atoms with E-state index in [2.05, 4.69) is 16.6 Å². The number of ether oxygens (including phenoxy) is 1. The number of rotatable bonds is 7. The quantitative estimate of drug-likeness (QED) is 0.349. The van der Waals surface area contributed by atoms with Gasteiger partial charge < -0.3 is 9.94 Å². The average molecular weight is 248 g/mol. The molecule has 4 heteroatoms. The van der Waals surface area contributed by atoms with Gasteiger partial charge in [-0.2, -0.15) is 0 Å². The molecule has 0 unspecified atom stereocenters. The molecule has 0 heterocycles. The SMILES string of the molecule is C=CCN(CC(C)=NO)Cc1ccc(OC)cc1. The van der Waals surface area contributed by atoms with Crippen LogP contribution in [0.3, 0.4) is 0 Å². The number of oxime groups is 1. The molecule has 0 saturated heterocycles. The van der Waals surface area contributed by atoms with Gasteiger partial charge in [0, 0.05) is 19.6 Å². The second kappa shape index (κ2) is 7.50. The summed E-state index contributed by atoms with van der Waals surface area (Å²) in [7, 11) is 1.65. The van der Waals surface area contributed by atoms with E-state index in [4.69, 9.17) is 9.94 Å². The minimum Gasteiger partial charge on any atom is -0.497 e. The molecular weight excluding hydrogens is 228 g/mol. The zero-order valence-corrected chi connectivity index (χ0v) is 11.0. The maximum absolute atomic E-state index is 8.71. The Kier molecular flexibility index (Phi) is 5.94. The summed E-state index contributed by atoms with van der Waals surface area (Å²) in [5.41, 5.74) is 1.87. The summed E-state index contributed by atoms with van der Waals surface area (Å²) in [6.07, 6.45) is 1.84. The molecule has 0 aromatic heterocycles. The highest BCUT2D eigenvalue weighted by molar-refractivity contribution is 5.83. The summed E-state index contributed by atoms with van der Waals surface area (Å²) in [5.74, 6) is 0.849. The van der Waals surface area contributed by atoms with Gasteiger partial charge in [0.05, 0.1) is 12.8 Å². The van der Waals surface area contributed by atoms with Crippen LogP contribution in [0.25, 0.3) is 0 Å². The predicted molar refractivity (Wildman–Crippen MR) is 73.4 cm³/mol. The maximum Gasteiger partial charge on any atom is 0.118 e. The van der Waals surface area contributed by atoms with Crippen LogP contribution in [0, 0.1) is 0 Å². The molecule has 0 fully saturated rings. The number of methoxy groups -OCH3 is 1. The van der Waals surface area contributed by atoms with Gasteiger partial charge in [-0.1, -0.05) is 23.4 Å². The molecule has 1 aromatic rings. The first kappa shape index (κ1) is 14.3. The largest absolute Gasteiger partial charge is 0.497 e. The second-order valence-electron chi connectivity index (χ2n) is 4.14. The molecule has 0 spiro atoms. The smallest absolute Gasteiger partial charge is 0.118 e. The van der Waals surface area contributed by atoms with Crippen molar-refractivity contribution in [2.75, 3.05) is 20.2 Å². The Morgan fingerprint density at radius 3 is 2.61 bits per heavy atom. The first-order chi connectivity index (χ1) is 8.69. The predicted octanol–water partition coefficient (Wildman–Crippen LogP) is 2.53. The van der Waals surface area contributed by atoms with Crippen molar-refractivity contribution in [2.24, 2.45) is 5.16 Å². The Bertz CT molecular complexity index is 399. The fraction of sp³-hybridized carbons (Fsp3) is 0.357. The van der Waals surface area contributed by atoms with Crippen LogP contribution in [-0.4, -0.2) is 36.0 Å².